The highest BCUT2D eigenvalue weighted by atomic mass is 19.4. The van der Waals surface area contributed by atoms with Crippen LogP contribution in [0.15, 0.2) is 30.3 Å². The number of carbonyl (C=O) groups excluding carboxylic acids is 1. The number of hydrogen-bond donors (Lipinski definition) is 2. The van der Waals surface area contributed by atoms with Crippen LogP contribution in [0.2, 0.25) is 0 Å². The number of nitrogens with one attached hydrogen (secondary N) is 1. The van der Waals surface area contributed by atoms with E-state index in [0.29, 0.717) is 5.69 Å². The third-order valence-electron chi connectivity index (χ3n) is 6.66. The van der Waals surface area contributed by atoms with Gasteiger partial charge in [-0.25, -0.2) is 4.79 Å². The van der Waals surface area contributed by atoms with E-state index >= 15 is 0 Å². The number of aryl methyl sites for hydroxylation is 1. The zero-order chi connectivity index (χ0) is 23.8. The molecule has 3 heterocycles. The summed E-state index contributed by atoms with van der Waals surface area (Å²) in [5.41, 5.74) is 4.62. The minimum absolute atomic E-state index is 0.0605. The molecule has 1 saturated carbocycles. The number of H-pyrrole nitrogens is 1. The van der Waals surface area contributed by atoms with Crippen molar-refractivity contribution in [2.75, 3.05) is 31.1 Å². The lowest BCUT2D eigenvalue weighted by Crippen LogP contribution is -2.47. The first-order valence-electron chi connectivity index (χ1n) is 11.0. The molecule has 33 heavy (non-hydrogen) atoms. The number of piperidine rings is 1. The fourth-order valence-electron chi connectivity index (χ4n) is 4.76. The number of carbonyl (C=O) groups is 2. The molecule has 2 N–H and O–H groups in total. The first kappa shape index (κ1) is 23.1. The van der Waals surface area contributed by atoms with Crippen molar-refractivity contribution in [1.29, 1.82) is 0 Å². The van der Waals surface area contributed by atoms with Crippen LogP contribution < -0.4 is 4.90 Å². The summed E-state index contributed by atoms with van der Waals surface area (Å²) in [4.78, 5) is 26.2. The highest BCUT2D eigenvalue weighted by Gasteiger charge is 2.46. The van der Waals surface area contributed by atoms with E-state index in [1.165, 1.54) is 30.6 Å². The minimum Gasteiger partial charge on any atom is -0.475 e. The molecule has 1 spiro atoms. The Morgan fingerprint density at radius 1 is 1.21 bits per heavy atom. The fraction of sp³-hybridized carbons (Fsp3) is 0.522. The summed E-state index contributed by atoms with van der Waals surface area (Å²) >= 11 is 0. The van der Waals surface area contributed by atoms with E-state index < -0.39 is 12.1 Å². The van der Waals surface area contributed by atoms with Crippen molar-refractivity contribution >= 4 is 17.6 Å². The molecule has 0 bridgehead atoms. The molecule has 0 unspecified atom stereocenters. The predicted octanol–water partition coefficient (Wildman–Crippen LogP) is 3.76. The number of carboxylic acids is 1. The molecule has 0 atom stereocenters. The van der Waals surface area contributed by atoms with Gasteiger partial charge in [0.05, 0.1) is 0 Å². The summed E-state index contributed by atoms with van der Waals surface area (Å²) in [6, 6.07) is 10.8. The number of alkyl halides is 3. The standard InChI is InChI=1S/C21H26N4O.C2HF3O2/c1-15-12-18(23-22-15)20(26)24-10-8-21(9-11-24)14-25(13-16-6-7-16)19-5-3-2-4-17(19)21;3-2(4,5)1(6)7/h2-5,12,16H,6-11,13-14H2,1H3,(H,22,23);(H,6,7). The number of carboxylic acid groups (broad SMARTS) is 1. The van der Waals surface area contributed by atoms with Crippen molar-refractivity contribution in [3.63, 3.8) is 0 Å². The third-order valence-corrected chi connectivity index (χ3v) is 6.66. The normalized spacial score (nSPS) is 19.2. The van der Waals surface area contributed by atoms with Gasteiger partial charge in [-0.05, 0) is 56.2 Å². The molecule has 10 heteroatoms. The number of rotatable bonds is 3. The van der Waals surface area contributed by atoms with Gasteiger partial charge < -0.3 is 14.9 Å². The Bertz CT molecular complexity index is 1020. The van der Waals surface area contributed by atoms with Crippen molar-refractivity contribution < 1.29 is 27.9 Å². The number of aromatic nitrogens is 2. The number of halogens is 3. The van der Waals surface area contributed by atoms with Gasteiger partial charge in [0.2, 0.25) is 0 Å². The van der Waals surface area contributed by atoms with E-state index in [9.17, 15) is 18.0 Å². The van der Waals surface area contributed by atoms with E-state index in [-0.39, 0.29) is 11.3 Å². The maximum atomic E-state index is 12.7. The molecule has 178 valence electrons. The molecule has 1 aromatic heterocycles. The number of aromatic amines is 1. The van der Waals surface area contributed by atoms with Gasteiger partial charge in [-0.3, -0.25) is 9.89 Å². The number of benzene rings is 1. The summed E-state index contributed by atoms with van der Waals surface area (Å²) < 4.78 is 31.7. The van der Waals surface area contributed by atoms with Crippen molar-refractivity contribution in [3.05, 3.63) is 47.3 Å². The Morgan fingerprint density at radius 3 is 2.39 bits per heavy atom. The maximum absolute atomic E-state index is 12.7. The topological polar surface area (TPSA) is 89.5 Å². The van der Waals surface area contributed by atoms with Gasteiger partial charge in [0.25, 0.3) is 5.91 Å². The second-order valence-corrected chi connectivity index (χ2v) is 9.15. The summed E-state index contributed by atoms with van der Waals surface area (Å²) in [6.45, 7) is 5.88. The molecule has 2 aromatic rings. The van der Waals surface area contributed by atoms with Gasteiger partial charge in [0.1, 0.15) is 5.69 Å². The molecule has 1 aromatic carbocycles. The lowest BCUT2D eigenvalue weighted by molar-refractivity contribution is -0.192. The molecular weight excluding hydrogens is 437 g/mol. The van der Waals surface area contributed by atoms with Gasteiger partial charge in [-0.15, -0.1) is 0 Å². The van der Waals surface area contributed by atoms with Gasteiger partial charge >= 0.3 is 12.1 Å². The van der Waals surface area contributed by atoms with E-state index in [4.69, 9.17) is 9.90 Å². The van der Waals surface area contributed by atoms with Crippen molar-refractivity contribution in [3.8, 4) is 0 Å². The monoisotopic (exact) mass is 464 g/mol. The minimum atomic E-state index is -5.08. The number of aliphatic carboxylic acids is 1. The lowest BCUT2D eigenvalue weighted by Gasteiger charge is -2.39. The Kier molecular flexibility index (Phi) is 6.11. The van der Waals surface area contributed by atoms with Gasteiger partial charge in [-0.1, -0.05) is 18.2 Å². The van der Waals surface area contributed by atoms with E-state index in [0.717, 1.165) is 44.1 Å². The van der Waals surface area contributed by atoms with Crippen LogP contribution in [-0.4, -0.2) is 64.4 Å². The van der Waals surface area contributed by atoms with E-state index in [1.807, 2.05) is 17.9 Å². The summed E-state index contributed by atoms with van der Waals surface area (Å²) in [5, 5.41) is 14.1. The Hall–Kier alpha value is -3.04. The number of anilines is 1. The zero-order valence-corrected chi connectivity index (χ0v) is 18.4. The van der Waals surface area contributed by atoms with Crippen LogP contribution in [0.4, 0.5) is 18.9 Å². The Balaban J connectivity index is 0.000000325. The van der Waals surface area contributed by atoms with Gasteiger partial charge in [0, 0.05) is 43.0 Å². The highest BCUT2D eigenvalue weighted by Crippen LogP contribution is 2.48. The largest absolute Gasteiger partial charge is 0.490 e. The number of hydrogen-bond acceptors (Lipinski definition) is 4. The molecular formula is C23H27F3N4O3. The van der Waals surface area contributed by atoms with E-state index in [2.05, 4.69) is 39.4 Å². The van der Waals surface area contributed by atoms with E-state index in [1.54, 1.807) is 0 Å². The molecule has 1 saturated heterocycles. The Labute approximate surface area is 189 Å². The SMILES string of the molecule is Cc1cc(C(=O)N2CCC3(CC2)CN(CC2CC2)c2ccccc23)n[nH]1.O=C(O)C(F)(F)F. The number of para-hydroxylation sites is 1. The van der Waals surface area contributed by atoms with Crippen LogP contribution >= 0.6 is 0 Å². The third kappa shape index (κ3) is 4.99. The number of likely N-dealkylation sites (tertiary alicyclic amines) is 1. The zero-order valence-electron chi connectivity index (χ0n) is 18.4. The number of nitrogens with zero attached hydrogens (tertiary/aromatic N) is 3. The molecule has 5 rings (SSSR count). The number of amides is 1. The summed E-state index contributed by atoms with van der Waals surface area (Å²) in [5.74, 6) is -1.81. The first-order valence-corrected chi connectivity index (χ1v) is 11.0. The molecule has 1 amide bonds. The lowest BCUT2D eigenvalue weighted by atomic mass is 9.74. The average Bonchev–Trinajstić information content (AvgIpc) is 3.41. The molecule has 1 aliphatic carbocycles. The fourth-order valence-corrected chi connectivity index (χ4v) is 4.76. The van der Waals surface area contributed by atoms with Crippen LogP contribution in [-0.2, 0) is 10.2 Å². The van der Waals surface area contributed by atoms with Crippen LogP contribution in [0.25, 0.3) is 0 Å². The second kappa shape index (κ2) is 8.72. The van der Waals surface area contributed by atoms with Crippen LogP contribution in [0.1, 0.15) is 47.4 Å². The van der Waals surface area contributed by atoms with Crippen molar-refractivity contribution in [1.82, 2.24) is 15.1 Å². The Morgan fingerprint density at radius 2 is 1.85 bits per heavy atom. The molecule has 2 fully saturated rings. The van der Waals surface area contributed by atoms with Crippen LogP contribution in [0.5, 0.6) is 0 Å². The molecule has 3 aliphatic rings. The average molecular weight is 464 g/mol. The highest BCUT2D eigenvalue weighted by molar-refractivity contribution is 5.92. The van der Waals surface area contributed by atoms with Gasteiger partial charge in [0.15, 0.2) is 0 Å². The molecule has 0 radical (unpaired) electrons. The van der Waals surface area contributed by atoms with Crippen molar-refractivity contribution in [2.24, 2.45) is 5.92 Å². The quantitative estimate of drug-likeness (QED) is 0.722. The molecule has 2 aliphatic heterocycles. The predicted molar refractivity (Wildman–Crippen MR) is 115 cm³/mol. The molecule has 7 nitrogen and oxygen atoms in total. The van der Waals surface area contributed by atoms with Gasteiger partial charge in [-0.2, -0.15) is 18.3 Å². The smallest absolute Gasteiger partial charge is 0.475 e. The second-order valence-electron chi connectivity index (χ2n) is 9.15. The summed E-state index contributed by atoms with van der Waals surface area (Å²) in [7, 11) is 0. The number of fused-ring (bicyclic) bond motifs is 2. The van der Waals surface area contributed by atoms with Crippen LogP contribution in [0.3, 0.4) is 0 Å². The maximum Gasteiger partial charge on any atom is 0.490 e. The van der Waals surface area contributed by atoms with Crippen molar-refractivity contribution in [2.45, 2.75) is 44.2 Å². The summed E-state index contributed by atoms with van der Waals surface area (Å²) in [6.07, 6.45) is -0.227. The first-order chi connectivity index (χ1) is 15.6. The van der Waals surface area contributed by atoms with Crippen LogP contribution in [0, 0.1) is 12.8 Å².